The highest BCUT2D eigenvalue weighted by Crippen LogP contribution is 2.30. The van der Waals surface area contributed by atoms with Gasteiger partial charge < -0.3 is 18.9 Å². The summed E-state index contributed by atoms with van der Waals surface area (Å²) >= 11 is 0. The van der Waals surface area contributed by atoms with Crippen LogP contribution >= 0.6 is 0 Å². The van der Waals surface area contributed by atoms with Gasteiger partial charge in [0.2, 0.25) is 0 Å². The molecule has 0 aliphatic carbocycles. The number of rotatable bonds is 18. The van der Waals surface area contributed by atoms with E-state index in [2.05, 4.69) is 6.58 Å². The number of carbonyl (C=O) groups is 1. The minimum Gasteiger partial charge on any atom is -0.488 e. The Morgan fingerprint density at radius 2 is 1.43 bits per heavy atom. The topological polar surface area (TPSA) is 57.3 Å². The molecule has 0 spiro atoms. The molecule has 1 fully saturated rings. The summed E-state index contributed by atoms with van der Waals surface area (Å²) in [5.74, 6) is -2.01. The zero-order chi connectivity index (χ0) is 26.5. The molecule has 0 saturated carbocycles. The van der Waals surface area contributed by atoms with Crippen LogP contribution in [0.3, 0.4) is 0 Å². The normalized spacial score (nSPS) is 14.4. The Morgan fingerprint density at radius 1 is 0.892 bits per heavy atom. The van der Waals surface area contributed by atoms with Crippen molar-refractivity contribution in [1.82, 2.24) is 0 Å². The third kappa shape index (κ3) is 10.6. The first kappa shape index (κ1) is 28.8. The molecule has 0 amide bonds. The van der Waals surface area contributed by atoms with Gasteiger partial charge >= 0.3 is 5.97 Å². The fraction of sp³-hybridized carbons (Fsp3) is 0.500. The van der Waals surface area contributed by atoms with E-state index in [0.29, 0.717) is 23.0 Å². The number of ether oxygens (including phenoxy) is 4. The van der Waals surface area contributed by atoms with E-state index in [-0.39, 0.29) is 17.9 Å². The molecule has 5 nitrogen and oxygen atoms in total. The van der Waals surface area contributed by atoms with E-state index >= 15 is 0 Å². The minimum absolute atomic E-state index is 0.280. The molecule has 7 heteroatoms. The number of hydrogen-bond acceptors (Lipinski definition) is 5. The van der Waals surface area contributed by atoms with Crippen molar-refractivity contribution in [2.24, 2.45) is 0 Å². The quantitative estimate of drug-likeness (QED) is 0.0678. The summed E-state index contributed by atoms with van der Waals surface area (Å²) in [5.41, 5.74) is 1.25. The van der Waals surface area contributed by atoms with E-state index in [1.165, 1.54) is 37.8 Å². The first-order chi connectivity index (χ1) is 17.9. The zero-order valence-corrected chi connectivity index (χ0v) is 21.7. The molecular formula is C30H38F2O5. The summed E-state index contributed by atoms with van der Waals surface area (Å²) in [7, 11) is 0. The molecule has 0 N–H and O–H groups in total. The van der Waals surface area contributed by atoms with Crippen LogP contribution in [0.5, 0.6) is 11.5 Å². The summed E-state index contributed by atoms with van der Waals surface area (Å²) in [6.07, 6.45) is 10.3. The lowest BCUT2D eigenvalue weighted by Crippen LogP contribution is -2.07. The van der Waals surface area contributed by atoms with E-state index < -0.39 is 17.6 Å². The van der Waals surface area contributed by atoms with Crippen molar-refractivity contribution in [2.75, 3.05) is 26.4 Å². The molecule has 1 atom stereocenters. The Kier molecular flexibility index (Phi) is 12.0. The Labute approximate surface area is 218 Å². The Morgan fingerprint density at radius 3 is 1.97 bits per heavy atom. The van der Waals surface area contributed by atoms with Gasteiger partial charge in [-0.2, -0.15) is 0 Å². The summed E-state index contributed by atoms with van der Waals surface area (Å²) in [6, 6.07) is 8.91. The predicted molar refractivity (Wildman–Crippen MR) is 140 cm³/mol. The molecule has 2 aromatic carbocycles. The first-order valence-electron chi connectivity index (χ1n) is 13.2. The number of esters is 1. The van der Waals surface area contributed by atoms with Gasteiger partial charge in [-0.3, -0.25) is 0 Å². The molecule has 202 valence electrons. The summed E-state index contributed by atoms with van der Waals surface area (Å²) < 4.78 is 50.3. The van der Waals surface area contributed by atoms with Gasteiger partial charge in [-0.15, -0.1) is 0 Å². The van der Waals surface area contributed by atoms with Crippen LogP contribution < -0.4 is 9.47 Å². The third-order valence-electron chi connectivity index (χ3n) is 6.13. The summed E-state index contributed by atoms with van der Waals surface area (Å²) in [4.78, 5) is 11.6. The van der Waals surface area contributed by atoms with E-state index in [9.17, 15) is 13.6 Å². The van der Waals surface area contributed by atoms with Crippen molar-refractivity contribution in [3.63, 3.8) is 0 Å². The maximum atomic E-state index is 14.6. The molecule has 1 saturated heterocycles. The van der Waals surface area contributed by atoms with Gasteiger partial charge in [0, 0.05) is 12.2 Å². The first-order valence-corrected chi connectivity index (χ1v) is 13.2. The van der Waals surface area contributed by atoms with Crippen molar-refractivity contribution in [3.05, 3.63) is 60.2 Å². The van der Waals surface area contributed by atoms with Gasteiger partial charge in [0.05, 0.1) is 19.8 Å². The maximum Gasteiger partial charge on any atom is 0.338 e. The average Bonchev–Trinajstić information content (AvgIpc) is 3.70. The van der Waals surface area contributed by atoms with Crippen LogP contribution in [0.25, 0.3) is 11.1 Å². The number of halogens is 2. The number of unbranched alkanes of at least 4 members (excludes halogenated alkanes) is 8. The number of benzene rings is 2. The second kappa shape index (κ2) is 15.5. The van der Waals surface area contributed by atoms with Crippen molar-refractivity contribution in [1.29, 1.82) is 0 Å². The van der Waals surface area contributed by atoms with Gasteiger partial charge in [0.15, 0.2) is 17.4 Å². The van der Waals surface area contributed by atoms with E-state index in [1.807, 2.05) is 0 Å². The van der Waals surface area contributed by atoms with Crippen LogP contribution in [-0.4, -0.2) is 38.5 Å². The minimum atomic E-state index is -0.737. The van der Waals surface area contributed by atoms with Crippen molar-refractivity contribution in [2.45, 2.75) is 70.8 Å². The maximum absolute atomic E-state index is 14.6. The van der Waals surface area contributed by atoms with Gasteiger partial charge in [0.1, 0.15) is 11.9 Å². The summed E-state index contributed by atoms with van der Waals surface area (Å²) in [6.45, 7) is 7.78. The van der Waals surface area contributed by atoms with Crippen LogP contribution in [0, 0.1) is 11.6 Å². The van der Waals surface area contributed by atoms with Gasteiger partial charge in [0.25, 0.3) is 0 Å². The van der Waals surface area contributed by atoms with Crippen LogP contribution in [0.2, 0.25) is 0 Å². The molecule has 1 heterocycles. The lowest BCUT2D eigenvalue weighted by atomic mass is 10.0. The molecule has 0 bridgehead atoms. The standard InChI is InChI=1S/C30H38F2O5/c1-22(2)30(33)37-25-14-12-23(13-15-25)24-18-27(31)29(28(32)19-24)35-17-11-9-7-5-3-4-6-8-10-16-34-20-26-21-36-26/h12-15,18-19,26H,1,3-11,16-17,20-21H2,2H3. The molecule has 3 rings (SSSR count). The second-order valence-electron chi connectivity index (χ2n) is 9.52. The predicted octanol–water partition coefficient (Wildman–Crippen LogP) is 7.42. The highest BCUT2D eigenvalue weighted by molar-refractivity contribution is 5.88. The van der Waals surface area contributed by atoms with Crippen molar-refractivity contribution < 1.29 is 32.5 Å². The van der Waals surface area contributed by atoms with Crippen LogP contribution in [0.15, 0.2) is 48.6 Å². The van der Waals surface area contributed by atoms with E-state index in [1.54, 1.807) is 31.2 Å². The monoisotopic (exact) mass is 516 g/mol. The molecular weight excluding hydrogens is 478 g/mol. The van der Waals surface area contributed by atoms with E-state index in [0.717, 1.165) is 51.9 Å². The molecule has 2 aromatic rings. The van der Waals surface area contributed by atoms with Crippen LogP contribution in [0.4, 0.5) is 8.78 Å². The van der Waals surface area contributed by atoms with Crippen LogP contribution in [0.1, 0.15) is 64.7 Å². The largest absolute Gasteiger partial charge is 0.488 e. The third-order valence-corrected chi connectivity index (χ3v) is 6.13. The molecule has 0 radical (unpaired) electrons. The number of carbonyl (C=O) groups excluding carboxylic acids is 1. The smallest absolute Gasteiger partial charge is 0.338 e. The SMILES string of the molecule is C=C(C)C(=O)Oc1ccc(-c2cc(F)c(OCCCCCCCCCCCOCC3CO3)c(F)c2)cc1. The Balaban J connectivity index is 1.28. The lowest BCUT2D eigenvalue weighted by molar-refractivity contribution is -0.130. The zero-order valence-electron chi connectivity index (χ0n) is 21.7. The Hall–Kier alpha value is -2.77. The van der Waals surface area contributed by atoms with Crippen molar-refractivity contribution >= 4 is 5.97 Å². The number of epoxide rings is 1. The van der Waals surface area contributed by atoms with Gasteiger partial charge in [-0.05, 0) is 55.2 Å². The Bertz CT molecular complexity index is 979. The molecule has 1 unspecified atom stereocenters. The van der Waals surface area contributed by atoms with E-state index in [4.69, 9.17) is 18.9 Å². The fourth-order valence-corrected chi connectivity index (χ4v) is 3.87. The highest BCUT2D eigenvalue weighted by Gasteiger charge is 2.21. The fourth-order valence-electron chi connectivity index (χ4n) is 3.87. The molecule has 1 aliphatic heterocycles. The van der Waals surface area contributed by atoms with Crippen LogP contribution in [-0.2, 0) is 14.3 Å². The number of hydrogen-bond donors (Lipinski definition) is 0. The average molecular weight is 517 g/mol. The second-order valence-corrected chi connectivity index (χ2v) is 9.52. The van der Waals surface area contributed by atoms with Crippen molar-refractivity contribution in [3.8, 4) is 22.6 Å². The molecule has 37 heavy (non-hydrogen) atoms. The summed E-state index contributed by atoms with van der Waals surface area (Å²) in [5, 5.41) is 0. The molecule has 1 aliphatic rings. The highest BCUT2D eigenvalue weighted by atomic mass is 19.1. The lowest BCUT2D eigenvalue weighted by Gasteiger charge is -2.11. The van der Waals surface area contributed by atoms with Gasteiger partial charge in [-0.25, -0.2) is 13.6 Å². The van der Waals surface area contributed by atoms with Gasteiger partial charge in [-0.1, -0.05) is 63.7 Å². The molecule has 0 aromatic heterocycles.